The third-order valence-corrected chi connectivity index (χ3v) is 5.29. The van der Waals surface area contributed by atoms with Crippen LogP contribution in [0.2, 0.25) is 0 Å². The van der Waals surface area contributed by atoms with Crippen LogP contribution in [0.25, 0.3) is 5.57 Å². The normalized spacial score (nSPS) is 14.2. The van der Waals surface area contributed by atoms with Gasteiger partial charge in [0.2, 0.25) is 0 Å². The highest BCUT2D eigenvalue weighted by Crippen LogP contribution is 2.33. The van der Waals surface area contributed by atoms with Crippen molar-refractivity contribution in [2.24, 2.45) is 0 Å². The van der Waals surface area contributed by atoms with Crippen molar-refractivity contribution in [3.63, 3.8) is 0 Å². The first-order valence-corrected chi connectivity index (χ1v) is 9.53. The Hall–Kier alpha value is -3.18. The number of hydrogen-bond donors (Lipinski definition) is 1. The Balaban J connectivity index is 1.72. The van der Waals surface area contributed by atoms with Crippen LogP contribution in [0.4, 0.5) is 5.69 Å². The van der Waals surface area contributed by atoms with Crippen molar-refractivity contribution < 1.29 is 9.59 Å². The maximum absolute atomic E-state index is 13.1. The molecule has 0 bridgehead atoms. The average Bonchev–Trinajstić information content (AvgIpc) is 3.26. The summed E-state index contributed by atoms with van der Waals surface area (Å²) >= 11 is 1.45. The van der Waals surface area contributed by atoms with Crippen LogP contribution in [0, 0.1) is 6.92 Å². The summed E-state index contributed by atoms with van der Waals surface area (Å²) in [5.41, 5.74) is 3.57. The van der Waals surface area contributed by atoms with Gasteiger partial charge in [0.05, 0.1) is 12.1 Å². The van der Waals surface area contributed by atoms with Crippen LogP contribution in [0.15, 0.2) is 77.8 Å². The minimum Gasteiger partial charge on any atom is -0.350 e. The number of aryl methyl sites for hydroxylation is 1. The van der Waals surface area contributed by atoms with E-state index in [4.69, 9.17) is 0 Å². The molecular weight excluding hydrogens is 356 g/mol. The minimum atomic E-state index is -0.297. The monoisotopic (exact) mass is 374 g/mol. The predicted molar refractivity (Wildman–Crippen MR) is 108 cm³/mol. The largest absolute Gasteiger partial charge is 0.350 e. The lowest BCUT2D eigenvalue weighted by molar-refractivity contribution is -0.137. The van der Waals surface area contributed by atoms with Gasteiger partial charge in [-0.1, -0.05) is 48.5 Å². The highest BCUT2D eigenvalue weighted by atomic mass is 32.1. The van der Waals surface area contributed by atoms with E-state index in [2.05, 4.69) is 5.32 Å². The van der Waals surface area contributed by atoms with Crippen LogP contribution in [-0.4, -0.2) is 16.7 Å². The van der Waals surface area contributed by atoms with Crippen LogP contribution in [-0.2, 0) is 16.1 Å². The van der Waals surface area contributed by atoms with Gasteiger partial charge in [0.25, 0.3) is 11.8 Å². The average molecular weight is 374 g/mol. The Labute approximate surface area is 161 Å². The van der Waals surface area contributed by atoms with E-state index in [1.54, 1.807) is 0 Å². The molecule has 0 saturated heterocycles. The molecule has 0 unspecified atom stereocenters. The summed E-state index contributed by atoms with van der Waals surface area (Å²) in [5.74, 6) is -0.560. The molecule has 0 radical (unpaired) electrons. The lowest BCUT2D eigenvalue weighted by Gasteiger charge is -2.15. The van der Waals surface area contributed by atoms with Crippen LogP contribution in [0.3, 0.4) is 0 Å². The van der Waals surface area contributed by atoms with E-state index in [1.807, 2.05) is 79.0 Å². The number of rotatable bonds is 5. The molecule has 1 aromatic heterocycles. The van der Waals surface area contributed by atoms with Crippen molar-refractivity contribution >= 4 is 34.4 Å². The molecule has 0 saturated carbocycles. The van der Waals surface area contributed by atoms with Crippen molar-refractivity contribution in [2.45, 2.75) is 13.5 Å². The zero-order chi connectivity index (χ0) is 18.8. The zero-order valence-electron chi connectivity index (χ0n) is 14.8. The van der Waals surface area contributed by atoms with E-state index >= 15 is 0 Å². The number of carbonyl (C=O) groups excluding carboxylic acids is 2. The molecule has 134 valence electrons. The van der Waals surface area contributed by atoms with Gasteiger partial charge in [-0.05, 0) is 41.6 Å². The summed E-state index contributed by atoms with van der Waals surface area (Å²) in [7, 11) is 0. The molecule has 0 spiro atoms. The van der Waals surface area contributed by atoms with Gasteiger partial charge in [0.1, 0.15) is 5.70 Å². The first kappa shape index (κ1) is 17.2. The fraction of sp³-hybridized carbons (Fsp3) is 0.0909. The lowest BCUT2D eigenvalue weighted by atomic mass is 10.1. The number of nitrogens with one attached hydrogen (secondary N) is 1. The number of thiophene rings is 1. The van der Waals surface area contributed by atoms with Crippen molar-refractivity contribution in [1.29, 1.82) is 0 Å². The van der Waals surface area contributed by atoms with Gasteiger partial charge >= 0.3 is 0 Å². The molecule has 5 heteroatoms. The zero-order valence-corrected chi connectivity index (χ0v) is 15.6. The Morgan fingerprint density at radius 3 is 2.44 bits per heavy atom. The first-order chi connectivity index (χ1) is 13.1. The van der Waals surface area contributed by atoms with E-state index in [0.29, 0.717) is 11.3 Å². The number of anilines is 1. The number of carbonyl (C=O) groups is 2. The van der Waals surface area contributed by atoms with Gasteiger partial charge < -0.3 is 5.32 Å². The summed E-state index contributed by atoms with van der Waals surface area (Å²) in [4.78, 5) is 28.3. The number of nitrogens with zero attached hydrogens (tertiary/aromatic N) is 1. The molecule has 0 atom stereocenters. The summed E-state index contributed by atoms with van der Waals surface area (Å²) in [5, 5.41) is 5.10. The molecule has 2 heterocycles. The topological polar surface area (TPSA) is 49.4 Å². The maximum atomic E-state index is 13.1. The second-order valence-electron chi connectivity index (χ2n) is 6.40. The summed E-state index contributed by atoms with van der Waals surface area (Å²) in [6.45, 7) is 2.25. The fourth-order valence-corrected chi connectivity index (χ4v) is 3.89. The third-order valence-electron chi connectivity index (χ3n) is 4.41. The number of amides is 2. The molecule has 2 amide bonds. The Morgan fingerprint density at radius 1 is 0.926 bits per heavy atom. The van der Waals surface area contributed by atoms with Gasteiger partial charge in [0.15, 0.2) is 0 Å². The van der Waals surface area contributed by atoms with Gasteiger partial charge in [-0.3, -0.25) is 14.5 Å². The van der Waals surface area contributed by atoms with E-state index in [1.165, 1.54) is 16.2 Å². The van der Waals surface area contributed by atoms with Crippen LogP contribution in [0.5, 0.6) is 0 Å². The van der Waals surface area contributed by atoms with Gasteiger partial charge in [-0.25, -0.2) is 0 Å². The highest BCUT2D eigenvalue weighted by Gasteiger charge is 2.39. The summed E-state index contributed by atoms with van der Waals surface area (Å²) in [6, 6.07) is 21.1. The second-order valence-corrected chi connectivity index (χ2v) is 7.35. The third kappa shape index (κ3) is 3.41. The van der Waals surface area contributed by atoms with E-state index in [0.717, 1.165) is 21.7 Å². The Morgan fingerprint density at radius 2 is 1.74 bits per heavy atom. The molecule has 1 N–H and O–H groups in total. The van der Waals surface area contributed by atoms with Crippen LogP contribution in [0.1, 0.15) is 16.0 Å². The molecule has 2 aromatic carbocycles. The van der Waals surface area contributed by atoms with Gasteiger partial charge in [-0.2, -0.15) is 0 Å². The molecular formula is C22H18N2O2S. The molecule has 27 heavy (non-hydrogen) atoms. The summed E-state index contributed by atoms with van der Waals surface area (Å²) < 4.78 is 0. The smallest absolute Gasteiger partial charge is 0.278 e. The van der Waals surface area contributed by atoms with Gasteiger partial charge in [-0.15, -0.1) is 11.3 Å². The molecule has 0 aliphatic carbocycles. The lowest BCUT2D eigenvalue weighted by Crippen LogP contribution is -2.31. The van der Waals surface area contributed by atoms with E-state index < -0.39 is 0 Å². The van der Waals surface area contributed by atoms with Gasteiger partial charge in [0, 0.05) is 10.6 Å². The Kier molecular flexibility index (Phi) is 4.60. The Bertz CT molecular complexity index is 1020. The number of hydrogen-bond acceptors (Lipinski definition) is 4. The summed E-state index contributed by atoms with van der Waals surface area (Å²) in [6.07, 6.45) is 0. The van der Waals surface area contributed by atoms with Crippen LogP contribution < -0.4 is 5.32 Å². The van der Waals surface area contributed by atoms with Crippen molar-refractivity contribution in [2.75, 3.05) is 5.32 Å². The SMILES string of the molecule is Cc1cccc(NC2=C(c3cccs3)C(=O)N(Cc3ccccc3)C2=O)c1. The van der Waals surface area contributed by atoms with E-state index in [9.17, 15) is 9.59 Å². The minimum absolute atomic E-state index is 0.256. The fourth-order valence-electron chi connectivity index (χ4n) is 3.12. The van der Waals surface area contributed by atoms with Crippen molar-refractivity contribution in [3.8, 4) is 0 Å². The van der Waals surface area contributed by atoms with Crippen LogP contribution >= 0.6 is 11.3 Å². The standard InChI is InChI=1S/C22H18N2O2S/c1-15-7-5-10-17(13-15)23-20-19(18-11-6-12-27-18)21(25)24(22(20)26)14-16-8-3-2-4-9-16/h2-13,23H,14H2,1H3. The molecule has 4 rings (SSSR count). The second kappa shape index (κ2) is 7.21. The van der Waals surface area contributed by atoms with Crippen molar-refractivity contribution in [1.82, 2.24) is 4.90 Å². The highest BCUT2D eigenvalue weighted by molar-refractivity contribution is 7.11. The van der Waals surface area contributed by atoms with Crippen molar-refractivity contribution in [3.05, 3.63) is 93.8 Å². The maximum Gasteiger partial charge on any atom is 0.278 e. The number of imide groups is 1. The van der Waals surface area contributed by atoms with E-state index in [-0.39, 0.29) is 18.4 Å². The molecule has 1 aliphatic heterocycles. The molecule has 1 aliphatic rings. The number of benzene rings is 2. The molecule has 4 nitrogen and oxygen atoms in total. The first-order valence-electron chi connectivity index (χ1n) is 8.65. The molecule has 0 fully saturated rings. The predicted octanol–water partition coefficient (Wildman–Crippen LogP) is 4.45. The molecule has 3 aromatic rings. The quantitative estimate of drug-likeness (QED) is 0.671.